The molecule has 1 saturated heterocycles. The van der Waals surface area contributed by atoms with Gasteiger partial charge in [0.05, 0.1) is 5.56 Å². The highest BCUT2D eigenvalue weighted by Gasteiger charge is 2.18. The predicted molar refractivity (Wildman–Crippen MR) is 85.6 cm³/mol. The molecule has 6 nitrogen and oxygen atoms in total. The van der Waals surface area contributed by atoms with Crippen LogP contribution >= 0.6 is 0 Å². The summed E-state index contributed by atoms with van der Waals surface area (Å²) >= 11 is 0. The minimum atomic E-state index is 0.513. The van der Waals surface area contributed by atoms with Gasteiger partial charge in [0.25, 0.3) is 5.89 Å². The number of anilines is 1. The van der Waals surface area contributed by atoms with E-state index in [1.165, 1.54) is 25.8 Å². The molecule has 22 heavy (non-hydrogen) atoms. The van der Waals surface area contributed by atoms with E-state index >= 15 is 0 Å². The Bertz CT molecular complexity index is 612. The van der Waals surface area contributed by atoms with Crippen molar-refractivity contribution in [3.05, 3.63) is 24.2 Å². The van der Waals surface area contributed by atoms with E-state index in [2.05, 4.69) is 32.3 Å². The number of piperidine rings is 1. The van der Waals surface area contributed by atoms with Crippen molar-refractivity contribution in [2.45, 2.75) is 39.2 Å². The number of rotatable bonds is 5. The lowest BCUT2D eigenvalue weighted by Gasteiger charge is -2.33. The number of pyridine rings is 1. The van der Waals surface area contributed by atoms with E-state index in [0.29, 0.717) is 17.8 Å². The van der Waals surface area contributed by atoms with Gasteiger partial charge in [0, 0.05) is 25.3 Å². The number of nitrogens with one attached hydrogen (secondary N) is 1. The van der Waals surface area contributed by atoms with Crippen LogP contribution in [0.5, 0.6) is 0 Å². The van der Waals surface area contributed by atoms with Crippen LogP contribution in [-0.4, -0.2) is 45.7 Å². The summed E-state index contributed by atoms with van der Waals surface area (Å²) in [5, 5.41) is 7.26. The molecular weight excluding hydrogens is 278 g/mol. The maximum absolute atomic E-state index is 5.25. The van der Waals surface area contributed by atoms with Gasteiger partial charge in [-0.2, -0.15) is 4.98 Å². The van der Waals surface area contributed by atoms with Crippen LogP contribution in [0.1, 0.15) is 32.0 Å². The average molecular weight is 301 g/mol. The summed E-state index contributed by atoms with van der Waals surface area (Å²) in [7, 11) is 0. The molecule has 3 rings (SSSR count). The summed E-state index contributed by atoms with van der Waals surface area (Å²) in [5.74, 6) is 1.95. The van der Waals surface area contributed by atoms with Crippen molar-refractivity contribution >= 4 is 5.82 Å². The zero-order chi connectivity index (χ0) is 15.4. The third-order valence-corrected chi connectivity index (χ3v) is 4.20. The number of likely N-dealkylation sites (tertiary alicyclic amines) is 1. The second-order valence-electron chi connectivity index (χ2n) is 5.85. The molecule has 0 aliphatic carbocycles. The number of hydrogen-bond donors (Lipinski definition) is 1. The Morgan fingerprint density at radius 2 is 2.32 bits per heavy atom. The maximum Gasteiger partial charge on any atom is 0.261 e. The van der Waals surface area contributed by atoms with Gasteiger partial charge in [0.15, 0.2) is 5.82 Å². The molecule has 0 amide bonds. The average Bonchev–Trinajstić information content (AvgIpc) is 2.96. The van der Waals surface area contributed by atoms with Crippen LogP contribution in [0.25, 0.3) is 11.5 Å². The molecule has 0 aromatic carbocycles. The molecule has 0 spiro atoms. The van der Waals surface area contributed by atoms with Crippen molar-refractivity contribution in [1.82, 2.24) is 20.0 Å². The molecule has 6 heteroatoms. The first-order chi connectivity index (χ1) is 10.7. The Hall–Kier alpha value is -1.95. The van der Waals surface area contributed by atoms with Gasteiger partial charge >= 0.3 is 0 Å². The smallest absolute Gasteiger partial charge is 0.261 e. The van der Waals surface area contributed by atoms with Gasteiger partial charge in [-0.1, -0.05) is 11.6 Å². The summed E-state index contributed by atoms with van der Waals surface area (Å²) in [5.41, 5.74) is 0.856. The Morgan fingerprint density at radius 3 is 3.09 bits per heavy atom. The van der Waals surface area contributed by atoms with Crippen LogP contribution in [0.4, 0.5) is 5.82 Å². The van der Waals surface area contributed by atoms with Gasteiger partial charge in [-0.3, -0.25) is 4.90 Å². The van der Waals surface area contributed by atoms with Crippen molar-refractivity contribution in [3.8, 4) is 11.5 Å². The second kappa shape index (κ2) is 6.87. The monoisotopic (exact) mass is 301 g/mol. The minimum Gasteiger partial charge on any atom is -0.368 e. The highest BCUT2D eigenvalue weighted by atomic mass is 16.5. The molecule has 1 atom stereocenters. The van der Waals surface area contributed by atoms with E-state index in [1.807, 2.05) is 19.1 Å². The molecule has 0 saturated carbocycles. The van der Waals surface area contributed by atoms with Gasteiger partial charge in [-0.25, -0.2) is 4.98 Å². The lowest BCUT2D eigenvalue weighted by Crippen LogP contribution is -2.40. The van der Waals surface area contributed by atoms with Crippen molar-refractivity contribution in [2.75, 3.05) is 25.0 Å². The molecule has 2 aromatic rings. The maximum atomic E-state index is 5.25. The lowest BCUT2D eigenvalue weighted by molar-refractivity contribution is 0.167. The second-order valence-corrected chi connectivity index (χ2v) is 5.85. The Labute approximate surface area is 130 Å². The van der Waals surface area contributed by atoms with E-state index in [4.69, 9.17) is 4.52 Å². The predicted octanol–water partition coefficient (Wildman–Crippen LogP) is 2.73. The van der Waals surface area contributed by atoms with Crippen molar-refractivity contribution in [3.63, 3.8) is 0 Å². The van der Waals surface area contributed by atoms with Crippen LogP contribution in [-0.2, 0) is 0 Å². The number of hydrogen-bond acceptors (Lipinski definition) is 6. The Kier molecular flexibility index (Phi) is 4.68. The van der Waals surface area contributed by atoms with Gasteiger partial charge in [-0.05, 0) is 45.4 Å². The normalized spacial score (nSPS) is 19.3. The molecule has 1 aliphatic heterocycles. The number of nitrogens with zero attached hydrogens (tertiary/aromatic N) is 4. The van der Waals surface area contributed by atoms with Gasteiger partial charge in [0.2, 0.25) is 0 Å². The standard InChI is InChI=1S/C16H23N5O/c1-12-6-3-4-10-21(12)11-9-18-15-14(7-5-8-17-15)16-19-13(2)20-22-16/h5,7-8,12H,3-4,6,9-11H2,1-2H3,(H,17,18). The van der Waals surface area contributed by atoms with Gasteiger partial charge < -0.3 is 9.84 Å². The van der Waals surface area contributed by atoms with E-state index in [9.17, 15) is 0 Å². The quantitative estimate of drug-likeness (QED) is 0.916. The fourth-order valence-corrected chi connectivity index (χ4v) is 2.93. The lowest BCUT2D eigenvalue weighted by atomic mass is 10.0. The van der Waals surface area contributed by atoms with Gasteiger partial charge in [0.1, 0.15) is 5.82 Å². The van der Waals surface area contributed by atoms with Crippen LogP contribution < -0.4 is 5.32 Å². The first-order valence-corrected chi connectivity index (χ1v) is 7.97. The zero-order valence-corrected chi connectivity index (χ0v) is 13.2. The third-order valence-electron chi connectivity index (χ3n) is 4.20. The fourth-order valence-electron chi connectivity index (χ4n) is 2.93. The highest BCUT2D eigenvalue weighted by molar-refractivity contribution is 5.68. The van der Waals surface area contributed by atoms with Crippen molar-refractivity contribution in [1.29, 1.82) is 0 Å². The topological polar surface area (TPSA) is 67.1 Å². The first kappa shape index (κ1) is 15.0. The van der Waals surface area contributed by atoms with Crippen LogP contribution in [0.15, 0.2) is 22.9 Å². The van der Waals surface area contributed by atoms with Crippen molar-refractivity contribution in [2.24, 2.45) is 0 Å². The summed E-state index contributed by atoms with van der Waals surface area (Å²) < 4.78 is 5.25. The highest BCUT2D eigenvalue weighted by Crippen LogP contribution is 2.24. The first-order valence-electron chi connectivity index (χ1n) is 7.97. The van der Waals surface area contributed by atoms with Crippen molar-refractivity contribution < 1.29 is 4.52 Å². The molecule has 1 N–H and O–H groups in total. The third kappa shape index (κ3) is 3.44. The molecule has 0 bridgehead atoms. The van der Waals surface area contributed by atoms with E-state index in [-0.39, 0.29) is 0 Å². The SMILES string of the molecule is Cc1noc(-c2cccnc2NCCN2CCCCC2C)n1. The molecule has 3 heterocycles. The fraction of sp³-hybridized carbons (Fsp3) is 0.562. The van der Waals surface area contributed by atoms with E-state index < -0.39 is 0 Å². The summed E-state index contributed by atoms with van der Waals surface area (Å²) in [6.07, 6.45) is 5.74. The summed E-state index contributed by atoms with van der Waals surface area (Å²) in [4.78, 5) is 11.2. The largest absolute Gasteiger partial charge is 0.368 e. The molecule has 118 valence electrons. The molecule has 1 fully saturated rings. The van der Waals surface area contributed by atoms with E-state index in [0.717, 1.165) is 24.5 Å². The Balaban J connectivity index is 1.63. The Morgan fingerprint density at radius 1 is 1.41 bits per heavy atom. The van der Waals surface area contributed by atoms with Crippen LogP contribution in [0.2, 0.25) is 0 Å². The van der Waals surface area contributed by atoms with Crippen LogP contribution in [0, 0.1) is 6.92 Å². The van der Waals surface area contributed by atoms with E-state index in [1.54, 1.807) is 6.20 Å². The molecule has 0 radical (unpaired) electrons. The molecule has 1 unspecified atom stereocenters. The van der Waals surface area contributed by atoms with Crippen LogP contribution in [0.3, 0.4) is 0 Å². The minimum absolute atomic E-state index is 0.513. The molecule has 1 aliphatic rings. The summed E-state index contributed by atoms with van der Waals surface area (Å²) in [6.45, 7) is 7.21. The summed E-state index contributed by atoms with van der Waals surface area (Å²) in [6, 6.07) is 4.51. The zero-order valence-electron chi connectivity index (χ0n) is 13.2. The number of aromatic nitrogens is 3. The molecule has 2 aromatic heterocycles. The number of aryl methyl sites for hydroxylation is 1. The van der Waals surface area contributed by atoms with Gasteiger partial charge in [-0.15, -0.1) is 0 Å². The molecular formula is C16H23N5O.